The molecule has 0 radical (unpaired) electrons. The summed E-state index contributed by atoms with van der Waals surface area (Å²) in [5.74, 6) is 0.171. The van der Waals surface area contributed by atoms with Gasteiger partial charge in [0.1, 0.15) is 0 Å². The molecule has 1 fully saturated rings. The average Bonchev–Trinajstić information content (AvgIpc) is 2.96. The van der Waals surface area contributed by atoms with Gasteiger partial charge in [0.15, 0.2) is 5.16 Å². The molecule has 2 rings (SSSR count). The molecule has 1 aromatic heterocycles. The summed E-state index contributed by atoms with van der Waals surface area (Å²) in [6.45, 7) is 3.37. The smallest absolute Gasteiger partial charge is 0.251 e. The van der Waals surface area contributed by atoms with Crippen molar-refractivity contribution in [3.8, 4) is 0 Å². The van der Waals surface area contributed by atoms with Crippen LogP contribution in [-0.4, -0.2) is 40.9 Å². The molecule has 116 valence electrons. The number of carbonyl (C=O) groups excluding carboxylic acids is 1. The third-order valence-corrected chi connectivity index (χ3v) is 4.04. The summed E-state index contributed by atoms with van der Waals surface area (Å²) in [5, 5.41) is 3.34. The maximum Gasteiger partial charge on any atom is 0.251 e. The van der Waals surface area contributed by atoms with E-state index >= 15 is 0 Å². The summed E-state index contributed by atoms with van der Waals surface area (Å²) in [6, 6.07) is 1.51. The summed E-state index contributed by atoms with van der Waals surface area (Å²) in [5.41, 5.74) is 0.597. The highest BCUT2D eigenvalue weighted by Crippen LogP contribution is 2.13. The highest BCUT2D eigenvalue weighted by atomic mass is 32.2. The molecule has 1 aromatic rings. The van der Waals surface area contributed by atoms with E-state index in [9.17, 15) is 9.59 Å². The Morgan fingerprint density at radius 3 is 3.19 bits per heavy atom. The number of rotatable bonds is 7. The van der Waals surface area contributed by atoms with Crippen molar-refractivity contribution >= 4 is 17.7 Å². The van der Waals surface area contributed by atoms with Gasteiger partial charge in [-0.2, -0.15) is 0 Å². The number of nitrogens with zero attached hydrogens (tertiary/aromatic N) is 1. The zero-order valence-corrected chi connectivity index (χ0v) is 13.0. The largest absolute Gasteiger partial charge is 0.376 e. The molecular weight excluding hydrogens is 290 g/mol. The molecule has 0 spiro atoms. The first-order valence-corrected chi connectivity index (χ1v) is 8.27. The Morgan fingerprint density at radius 2 is 2.48 bits per heavy atom. The molecule has 1 aliphatic rings. The predicted molar refractivity (Wildman–Crippen MR) is 81.6 cm³/mol. The maximum atomic E-state index is 11.8. The van der Waals surface area contributed by atoms with Crippen molar-refractivity contribution in [2.24, 2.45) is 0 Å². The Hall–Kier alpha value is -1.34. The molecule has 0 aliphatic carbocycles. The van der Waals surface area contributed by atoms with Crippen LogP contribution in [0.5, 0.6) is 0 Å². The van der Waals surface area contributed by atoms with Crippen LogP contribution in [-0.2, 0) is 16.0 Å². The lowest BCUT2D eigenvalue weighted by Crippen LogP contribution is -2.33. The quantitative estimate of drug-likeness (QED) is 0.582. The second-order valence-electron chi connectivity index (χ2n) is 5.02. The van der Waals surface area contributed by atoms with Crippen LogP contribution in [0.4, 0.5) is 0 Å². The fourth-order valence-electron chi connectivity index (χ4n) is 2.15. The third kappa shape index (κ3) is 5.51. The van der Waals surface area contributed by atoms with Crippen molar-refractivity contribution in [1.82, 2.24) is 15.3 Å². The average molecular weight is 311 g/mol. The lowest BCUT2D eigenvalue weighted by atomic mass is 10.2. The number of aromatic amines is 1. The minimum absolute atomic E-state index is 0.0703. The SMILES string of the molecule is CCCc1cc(=O)[nH]c(SCC(=O)NC[C@@H]2CCCO2)n1. The van der Waals surface area contributed by atoms with Gasteiger partial charge in [-0.25, -0.2) is 4.98 Å². The van der Waals surface area contributed by atoms with E-state index in [4.69, 9.17) is 4.74 Å². The van der Waals surface area contributed by atoms with Crippen LogP contribution in [0.2, 0.25) is 0 Å². The van der Waals surface area contributed by atoms with Gasteiger partial charge < -0.3 is 15.0 Å². The van der Waals surface area contributed by atoms with Crippen molar-refractivity contribution in [2.75, 3.05) is 18.9 Å². The summed E-state index contributed by atoms with van der Waals surface area (Å²) >= 11 is 1.25. The summed E-state index contributed by atoms with van der Waals surface area (Å²) < 4.78 is 5.44. The third-order valence-electron chi connectivity index (χ3n) is 3.17. The number of carbonyl (C=O) groups is 1. The first-order valence-electron chi connectivity index (χ1n) is 7.28. The van der Waals surface area contributed by atoms with Crippen molar-refractivity contribution in [1.29, 1.82) is 0 Å². The van der Waals surface area contributed by atoms with Gasteiger partial charge in [-0.15, -0.1) is 0 Å². The van der Waals surface area contributed by atoms with Crippen LogP contribution in [0.1, 0.15) is 31.9 Å². The van der Waals surface area contributed by atoms with E-state index in [1.54, 1.807) is 0 Å². The van der Waals surface area contributed by atoms with Crippen LogP contribution < -0.4 is 10.9 Å². The lowest BCUT2D eigenvalue weighted by molar-refractivity contribution is -0.119. The molecule has 7 heteroatoms. The Kier molecular flexibility index (Phi) is 6.25. The topological polar surface area (TPSA) is 84.1 Å². The number of amides is 1. The Balaban J connectivity index is 1.78. The number of aryl methyl sites for hydroxylation is 1. The Bertz CT molecular complexity index is 526. The second-order valence-corrected chi connectivity index (χ2v) is 5.98. The van der Waals surface area contributed by atoms with Gasteiger partial charge in [-0.05, 0) is 19.3 Å². The predicted octanol–water partition coefficient (Wildman–Crippen LogP) is 1.11. The number of H-pyrrole nitrogens is 1. The van der Waals surface area contributed by atoms with E-state index in [-0.39, 0.29) is 23.3 Å². The van der Waals surface area contributed by atoms with Crippen LogP contribution in [0.15, 0.2) is 16.0 Å². The van der Waals surface area contributed by atoms with E-state index in [0.29, 0.717) is 11.7 Å². The maximum absolute atomic E-state index is 11.8. The molecule has 1 amide bonds. The van der Waals surface area contributed by atoms with Crippen LogP contribution in [0.25, 0.3) is 0 Å². The minimum atomic E-state index is -0.171. The molecule has 0 unspecified atom stereocenters. The minimum Gasteiger partial charge on any atom is -0.376 e. The van der Waals surface area contributed by atoms with Crippen molar-refractivity contribution in [3.05, 3.63) is 22.1 Å². The van der Waals surface area contributed by atoms with Crippen LogP contribution in [0.3, 0.4) is 0 Å². The molecule has 21 heavy (non-hydrogen) atoms. The summed E-state index contributed by atoms with van der Waals surface area (Å²) in [4.78, 5) is 30.3. The van der Waals surface area contributed by atoms with Crippen LogP contribution in [0, 0.1) is 0 Å². The van der Waals surface area contributed by atoms with Crippen molar-refractivity contribution < 1.29 is 9.53 Å². The van der Waals surface area contributed by atoms with Gasteiger partial charge in [0.05, 0.1) is 11.9 Å². The number of hydrogen-bond acceptors (Lipinski definition) is 5. The van der Waals surface area contributed by atoms with Gasteiger partial charge in [-0.1, -0.05) is 25.1 Å². The monoisotopic (exact) mass is 311 g/mol. The first-order chi connectivity index (χ1) is 10.2. The molecule has 2 N–H and O–H groups in total. The Morgan fingerprint density at radius 1 is 1.62 bits per heavy atom. The Labute approximate surface area is 128 Å². The molecule has 1 aliphatic heterocycles. The van der Waals surface area contributed by atoms with Crippen LogP contribution >= 0.6 is 11.8 Å². The fraction of sp³-hybridized carbons (Fsp3) is 0.643. The standard InChI is InChI=1S/C14H21N3O3S/c1-2-4-10-7-12(18)17-14(16-10)21-9-13(19)15-8-11-5-3-6-20-11/h7,11H,2-6,8-9H2,1H3,(H,15,19)(H,16,17,18)/t11-/m0/s1. The van der Waals surface area contributed by atoms with Crippen molar-refractivity contribution in [3.63, 3.8) is 0 Å². The van der Waals surface area contributed by atoms with Crippen molar-refractivity contribution in [2.45, 2.75) is 43.9 Å². The zero-order valence-electron chi connectivity index (χ0n) is 12.2. The second kappa shape index (κ2) is 8.19. The molecule has 2 heterocycles. The molecule has 0 saturated carbocycles. The lowest BCUT2D eigenvalue weighted by Gasteiger charge is -2.10. The summed E-state index contributed by atoms with van der Waals surface area (Å²) in [7, 11) is 0. The number of ether oxygens (including phenoxy) is 1. The van der Waals surface area contributed by atoms with E-state index < -0.39 is 0 Å². The van der Waals surface area contributed by atoms with E-state index in [1.165, 1.54) is 17.8 Å². The van der Waals surface area contributed by atoms with Gasteiger partial charge in [0, 0.05) is 24.9 Å². The normalized spacial score (nSPS) is 17.9. The molecule has 1 atom stereocenters. The highest BCUT2D eigenvalue weighted by Gasteiger charge is 2.16. The molecule has 0 aromatic carbocycles. The molecule has 6 nitrogen and oxygen atoms in total. The number of hydrogen-bond donors (Lipinski definition) is 2. The van der Waals surface area contributed by atoms with Gasteiger partial charge in [-0.3, -0.25) is 9.59 Å². The molecule has 0 bridgehead atoms. The van der Waals surface area contributed by atoms with E-state index in [1.807, 2.05) is 6.92 Å². The van der Waals surface area contributed by atoms with Gasteiger partial charge in [0.2, 0.25) is 5.91 Å². The number of nitrogens with one attached hydrogen (secondary N) is 2. The number of aromatic nitrogens is 2. The zero-order chi connectivity index (χ0) is 15.1. The first kappa shape index (κ1) is 16.0. The molecule has 1 saturated heterocycles. The van der Waals surface area contributed by atoms with Gasteiger partial charge in [0.25, 0.3) is 5.56 Å². The summed E-state index contributed by atoms with van der Waals surface area (Å²) in [6.07, 6.45) is 3.90. The molecular formula is C14H21N3O3S. The van der Waals surface area contributed by atoms with E-state index in [0.717, 1.165) is 38.0 Å². The van der Waals surface area contributed by atoms with E-state index in [2.05, 4.69) is 15.3 Å². The number of thioether (sulfide) groups is 1. The van der Waals surface area contributed by atoms with Gasteiger partial charge >= 0.3 is 0 Å². The highest BCUT2D eigenvalue weighted by molar-refractivity contribution is 7.99. The fourth-order valence-corrected chi connectivity index (χ4v) is 2.88.